The summed E-state index contributed by atoms with van der Waals surface area (Å²) in [5.41, 5.74) is 1.09. The predicted molar refractivity (Wildman–Crippen MR) is 91.6 cm³/mol. The van der Waals surface area contributed by atoms with Gasteiger partial charge in [0.05, 0.1) is 0 Å². The summed E-state index contributed by atoms with van der Waals surface area (Å²) < 4.78 is 28.2. The molecule has 1 aromatic heterocycles. The van der Waals surface area contributed by atoms with Gasteiger partial charge in [0.25, 0.3) is 10.2 Å². The van der Waals surface area contributed by atoms with E-state index >= 15 is 0 Å². The highest BCUT2D eigenvalue weighted by molar-refractivity contribution is 7.87. The van der Waals surface area contributed by atoms with E-state index in [9.17, 15) is 8.42 Å². The van der Waals surface area contributed by atoms with Gasteiger partial charge in [0.1, 0.15) is 0 Å². The molecule has 1 aliphatic heterocycles. The Labute approximate surface area is 139 Å². The summed E-state index contributed by atoms with van der Waals surface area (Å²) >= 11 is 0. The van der Waals surface area contributed by atoms with Gasteiger partial charge in [-0.3, -0.25) is 4.98 Å². The van der Waals surface area contributed by atoms with Gasteiger partial charge < -0.3 is 4.90 Å². The number of hydrogen-bond acceptors (Lipinski definition) is 4. The first-order valence-corrected chi connectivity index (χ1v) is 8.60. The third-order valence-corrected chi connectivity index (χ3v) is 5.59. The Morgan fingerprint density at radius 1 is 1.27 bits per heavy atom. The lowest BCUT2D eigenvalue weighted by molar-refractivity contribution is 0.358. The monoisotopic (exact) mass is 348 g/mol. The summed E-state index contributed by atoms with van der Waals surface area (Å²) in [6.45, 7) is 5.80. The molecule has 0 bridgehead atoms. The van der Waals surface area contributed by atoms with Crippen LogP contribution in [0.2, 0.25) is 0 Å². The fourth-order valence-electron chi connectivity index (χ4n) is 2.69. The lowest BCUT2D eigenvalue weighted by Crippen LogP contribution is -2.46. The molecule has 2 atom stereocenters. The first-order chi connectivity index (χ1) is 9.81. The van der Waals surface area contributed by atoms with Crippen molar-refractivity contribution in [2.24, 2.45) is 11.8 Å². The van der Waals surface area contributed by atoms with Crippen molar-refractivity contribution in [3.8, 4) is 0 Å². The molecule has 22 heavy (non-hydrogen) atoms. The zero-order valence-electron chi connectivity index (χ0n) is 13.4. The van der Waals surface area contributed by atoms with Gasteiger partial charge in [-0.15, -0.1) is 12.4 Å². The Kier molecular flexibility index (Phi) is 6.61. The van der Waals surface area contributed by atoms with E-state index in [1.165, 1.54) is 4.31 Å². The number of anilines is 1. The Hall–Kier alpha value is -0.890. The number of hydrogen-bond donors (Lipinski definition) is 1. The molecule has 0 aliphatic carbocycles. The van der Waals surface area contributed by atoms with Gasteiger partial charge in [-0.05, 0) is 24.0 Å². The number of aromatic nitrogens is 1. The molecule has 0 saturated carbocycles. The maximum absolute atomic E-state index is 12.1. The normalized spacial score (nSPS) is 22.2. The second-order valence-corrected chi connectivity index (χ2v) is 7.95. The summed E-state index contributed by atoms with van der Waals surface area (Å²) in [7, 11) is -0.321. The van der Waals surface area contributed by atoms with Crippen molar-refractivity contribution in [1.82, 2.24) is 14.0 Å². The van der Waals surface area contributed by atoms with E-state index in [1.54, 1.807) is 26.5 Å². The average Bonchev–Trinajstić information content (AvgIpc) is 2.83. The minimum Gasteiger partial charge on any atom is -0.369 e. The van der Waals surface area contributed by atoms with Gasteiger partial charge in [0.15, 0.2) is 0 Å². The topological polar surface area (TPSA) is 65.5 Å². The highest BCUT2D eigenvalue weighted by atomic mass is 35.5. The summed E-state index contributed by atoms with van der Waals surface area (Å²) in [6.07, 6.45) is 3.52. The Morgan fingerprint density at radius 2 is 1.86 bits per heavy atom. The van der Waals surface area contributed by atoms with Gasteiger partial charge in [-0.25, -0.2) is 0 Å². The first-order valence-electron chi connectivity index (χ1n) is 7.16. The number of halogens is 1. The Bertz CT molecular complexity index is 565. The van der Waals surface area contributed by atoms with E-state index in [0.29, 0.717) is 12.5 Å². The second kappa shape index (κ2) is 7.59. The van der Waals surface area contributed by atoms with Crippen LogP contribution in [0.15, 0.2) is 24.5 Å². The van der Waals surface area contributed by atoms with Crippen molar-refractivity contribution in [2.75, 3.05) is 32.1 Å². The quantitative estimate of drug-likeness (QED) is 0.872. The Morgan fingerprint density at radius 3 is 2.36 bits per heavy atom. The fourth-order valence-corrected chi connectivity index (χ4v) is 3.53. The van der Waals surface area contributed by atoms with Crippen molar-refractivity contribution >= 4 is 28.3 Å². The molecule has 126 valence electrons. The van der Waals surface area contributed by atoms with Crippen LogP contribution in [0.3, 0.4) is 0 Å². The standard InChI is InChI=1S/C14H24N4O2S.ClH/c1-11(2)13-9-18(12-5-7-15-8-6-12)10-14(13)16-21(19,20)17(3)4;/h5-8,11,13-14,16H,9-10H2,1-4H3;1H/t13-,14+;/m1./s1. The maximum Gasteiger partial charge on any atom is 0.279 e. The minimum absolute atomic E-state index is 0. The summed E-state index contributed by atoms with van der Waals surface area (Å²) in [5.74, 6) is 0.694. The van der Waals surface area contributed by atoms with E-state index < -0.39 is 10.2 Å². The molecule has 2 heterocycles. The molecule has 0 unspecified atom stereocenters. The van der Waals surface area contributed by atoms with Crippen LogP contribution in [0.4, 0.5) is 5.69 Å². The molecule has 0 amide bonds. The van der Waals surface area contributed by atoms with Crippen LogP contribution < -0.4 is 9.62 Å². The van der Waals surface area contributed by atoms with E-state index in [1.807, 2.05) is 12.1 Å². The molecule has 8 heteroatoms. The van der Waals surface area contributed by atoms with Gasteiger partial charge in [0, 0.05) is 51.3 Å². The molecule has 1 fully saturated rings. The predicted octanol–water partition coefficient (Wildman–Crippen LogP) is 1.36. The largest absolute Gasteiger partial charge is 0.369 e. The van der Waals surface area contributed by atoms with Gasteiger partial charge in [0.2, 0.25) is 0 Å². The molecule has 0 spiro atoms. The van der Waals surface area contributed by atoms with Gasteiger partial charge in [-0.2, -0.15) is 17.4 Å². The first kappa shape index (κ1) is 19.2. The fraction of sp³-hybridized carbons (Fsp3) is 0.643. The average molecular weight is 349 g/mol. The molecule has 0 aromatic carbocycles. The Balaban J connectivity index is 0.00000242. The van der Waals surface area contributed by atoms with Gasteiger partial charge in [-0.1, -0.05) is 13.8 Å². The van der Waals surface area contributed by atoms with Crippen molar-refractivity contribution in [1.29, 1.82) is 0 Å². The van der Waals surface area contributed by atoms with E-state index in [0.717, 1.165) is 12.2 Å². The van der Waals surface area contributed by atoms with Gasteiger partial charge >= 0.3 is 0 Å². The summed E-state index contributed by atoms with van der Waals surface area (Å²) in [6, 6.07) is 3.84. The number of rotatable bonds is 5. The van der Waals surface area contributed by atoms with Crippen LogP contribution in [-0.4, -0.2) is 50.9 Å². The lowest BCUT2D eigenvalue weighted by Gasteiger charge is -2.24. The zero-order valence-corrected chi connectivity index (χ0v) is 15.1. The van der Waals surface area contributed by atoms with Crippen LogP contribution in [0.25, 0.3) is 0 Å². The van der Waals surface area contributed by atoms with Crippen molar-refractivity contribution < 1.29 is 8.42 Å². The van der Waals surface area contributed by atoms with Crippen LogP contribution in [0.1, 0.15) is 13.8 Å². The molecular formula is C14H25ClN4O2S. The molecule has 1 aromatic rings. The van der Waals surface area contributed by atoms with E-state index in [-0.39, 0.29) is 24.4 Å². The zero-order chi connectivity index (χ0) is 15.6. The SMILES string of the molecule is CC(C)[C@H]1CN(c2ccncc2)C[C@@H]1NS(=O)(=O)N(C)C.Cl. The molecular weight excluding hydrogens is 324 g/mol. The maximum atomic E-state index is 12.1. The van der Waals surface area contributed by atoms with Crippen LogP contribution in [0.5, 0.6) is 0 Å². The van der Waals surface area contributed by atoms with E-state index in [2.05, 4.69) is 28.5 Å². The third kappa shape index (κ3) is 4.32. The van der Waals surface area contributed by atoms with Crippen molar-refractivity contribution in [3.05, 3.63) is 24.5 Å². The third-order valence-electron chi connectivity index (χ3n) is 4.03. The number of nitrogens with one attached hydrogen (secondary N) is 1. The molecule has 1 N–H and O–H groups in total. The summed E-state index contributed by atoms with van der Waals surface area (Å²) in [4.78, 5) is 6.25. The molecule has 1 aliphatic rings. The highest BCUT2D eigenvalue weighted by Crippen LogP contribution is 2.28. The van der Waals surface area contributed by atoms with Crippen LogP contribution >= 0.6 is 12.4 Å². The molecule has 2 rings (SSSR count). The number of pyridine rings is 1. The smallest absolute Gasteiger partial charge is 0.279 e. The molecule has 1 saturated heterocycles. The number of nitrogens with zero attached hydrogens (tertiary/aromatic N) is 3. The molecule has 0 radical (unpaired) electrons. The van der Waals surface area contributed by atoms with Crippen molar-refractivity contribution in [2.45, 2.75) is 19.9 Å². The van der Waals surface area contributed by atoms with Crippen LogP contribution in [0, 0.1) is 11.8 Å². The minimum atomic E-state index is -3.41. The van der Waals surface area contributed by atoms with Crippen LogP contribution in [-0.2, 0) is 10.2 Å². The van der Waals surface area contributed by atoms with E-state index in [4.69, 9.17) is 0 Å². The second-order valence-electron chi connectivity index (χ2n) is 6.03. The lowest BCUT2D eigenvalue weighted by atomic mass is 9.92. The highest BCUT2D eigenvalue weighted by Gasteiger charge is 2.37. The van der Waals surface area contributed by atoms with Crippen molar-refractivity contribution in [3.63, 3.8) is 0 Å². The molecule has 6 nitrogen and oxygen atoms in total. The summed E-state index contributed by atoms with van der Waals surface area (Å²) in [5, 5.41) is 0.